The summed E-state index contributed by atoms with van der Waals surface area (Å²) in [5.41, 5.74) is -0.692. The maximum Gasteiger partial charge on any atom is 0.416 e. The van der Waals surface area contributed by atoms with Gasteiger partial charge in [-0.25, -0.2) is 0 Å². The van der Waals surface area contributed by atoms with Gasteiger partial charge in [0.15, 0.2) is 0 Å². The van der Waals surface area contributed by atoms with Crippen molar-refractivity contribution in [2.45, 2.75) is 57.5 Å². The van der Waals surface area contributed by atoms with Gasteiger partial charge in [-0.15, -0.1) is 0 Å². The number of esters is 1. The Hall–Kier alpha value is -2.24. The predicted molar refractivity (Wildman–Crippen MR) is 111 cm³/mol. The first kappa shape index (κ1) is 24.0. The highest BCUT2D eigenvalue weighted by Crippen LogP contribution is 2.35. The number of hydrogen-bond donors (Lipinski definition) is 0. The van der Waals surface area contributed by atoms with Crippen molar-refractivity contribution in [1.29, 1.82) is 0 Å². The molecule has 0 bridgehead atoms. The average molecular weight is 425 g/mol. The Balaban J connectivity index is 1.67. The van der Waals surface area contributed by atoms with Crippen LogP contribution in [0.4, 0.5) is 13.2 Å². The van der Waals surface area contributed by atoms with Gasteiger partial charge in [-0.05, 0) is 68.6 Å². The molecule has 0 N–H and O–H groups in total. The van der Waals surface area contributed by atoms with Crippen molar-refractivity contribution in [3.63, 3.8) is 0 Å². The molecule has 1 aliphatic rings. The first-order valence-electron chi connectivity index (χ1n) is 10.6. The van der Waals surface area contributed by atoms with Crippen LogP contribution in [0.3, 0.4) is 0 Å². The minimum Gasteiger partial charge on any atom is -0.493 e. The van der Waals surface area contributed by atoms with E-state index in [1.54, 1.807) is 6.07 Å². The Morgan fingerprint density at radius 3 is 2.77 bits per heavy atom. The van der Waals surface area contributed by atoms with E-state index in [1.807, 2.05) is 0 Å². The Morgan fingerprint density at radius 1 is 1.17 bits per heavy atom. The molecule has 6 heteroatoms. The van der Waals surface area contributed by atoms with Gasteiger partial charge < -0.3 is 9.47 Å². The van der Waals surface area contributed by atoms with Crippen LogP contribution in [-0.2, 0) is 15.7 Å². The molecular weight excluding hydrogens is 393 g/mol. The van der Waals surface area contributed by atoms with Gasteiger partial charge in [0.1, 0.15) is 5.75 Å². The maximum absolute atomic E-state index is 12.7. The van der Waals surface area contributed by atoms with Crippen LogP contribution in [0.25, 0.3) is 0 Å². The molecule has 2 atom stereocenters. The van der Waals surface area contributed by atoms with Crippen molar-refractivity contribution in [2.24, 2.45) is 11.8 Å². The summed E-state index contributed by atoms with van der Waals surface area (Å²) in [7, 11) is 1.41. The molecule has 0 aliphatic heterocycles. The summed E-state index contributed by atoms with van der Waals surface area (Å²) >= 11 is 0. The minimum absolute atomic E-state index is 0.165. The number of alkyl halides is 3. The zero-order chi connectivity index (χ0) is 21.8. The lowest BCUT2D eigenvalue weighted by Gasteiger charge is -2.14. The minimum atomic E-state index is -4.35. The molecule has 166 valence electrons. The molecule has 0 heterocycles. The number of halogens is 3. The normalized spacial score (nSPS) is 19.6. The Labute approximate surface area is 177 Å². The SMILES string of the molecule is COC(=O)CCC/C=C\C[C@H]1CCC[C@@H]1/C=C/CCOc1cccc(C(F)(F)F)c1. The molecule has 1 aliphatic carbocycles. The van der Waals surface area contributed by atoms with E-state index in [2.05, 4.69) is 29.0 Å². The molecule has 0 saturated heterocycles. The Bertz CT molecular complexity index is 710. The van der Waals surface area contributed by atoms with E-state index in [4.69, 9.17) is 4.74 Å². The summed E-state index contributed by atoms with van der Waals surface area (Å²) < 4.78 is 48.3. The topological polar surface area (TPSA) is 35.5 Å². The van der Waals surface area contributed by atoms with E-state index in [0.29, 0.717) is 31.3 Å². The molecule has 0 unspecified atom stereocenters. The van der Waals surface area contributed by atoms with Crippen molar-refractivity contribution >= 4 is 5.97 Å². The highest BCUT2D eigenvalue weighted by atomic mass is 19.4. The Morgan fingerprint density at radius 2 is 2.00 bits per heavy atom. The third-order valence-electron chi connectivity index (χ3n) is 5.40. The maximum atomic E-state index is 12.7. The molecule has 0 amide bonds. The van der Waals surface area contributed by atoms with E-state index < -0.39 is 11.7 Å². The predicted octanol–water partition coefficient (Wildman–Crippen LogP) is 6.74. The first-order valence-corrected chi connectivity index (χ1v) is 10.6. The van der Waals surface area contributed by atoms with Crippen LogP contribution in [0.15, 0.2) is 48.6 Å². The average Bonchev–Trinajstić information content (AvgIpc) is 3.17. The molecule has 0 spiro atoms. The summed E-state index contributed by atoms with van der Waals surface area (Å²) in [5.74, 6) is 1.25. The number of carbonyl (C=O) groups excluding carboxylic acids is 1. The molecule has 1 fully saturated rings. The molecule has 3 nitrogen and oxygen atoms in total. The van der Waals surface area contributed by atoms with Crippen LogP contribution in [0.2, 0.25) is 0 Å². The molecule has 0 radical (unpaired) electrons. The summed E-state index contributed by atoms with van der Waals surface area (Å²) in [6.45, 7) is 0.356. The number of benzene rings is 1. The van der Waals surface area contributed by atoms with Crippen LogP contribution in [0.1, 0.15) is 56.9 Å². The summed E-state index contributed by atoms with van der Waals surface area (Å²) in [4.78, 5) is 11.1. The summed E-state index contributed by atoms with van der Waals surface area (Å²) in [6, 6.07) is 4.98. The second-order valence-corrected chi connectivity index (χ2v) is 7.62. The number of rotatable bonds is 11. The number of hydrogen-bond acceptors (Lipinski definition) is 3. The van der Waals surface area contributed by atoms with Crippen molar-refractivity contribution in [3.8, 4) is 5.75 Å². The zero-order valence-electron chi connectivity index (χ0n) is 17.5. The van der Waals surface area contributed by atoms with Gasteiger partial charge in [-0.3, -0.25) is 4.79 Å². The standard InChI is InChI=1S/C24H31F3O3/c1-29-23(28)16-5-3-2-4-10-19-12-8-13-20(19)11-6-7-17-30-22-15-9-14-21(18-22)24(25,26)27/h2,4,6,9,11,14-15,18-20H,3,5,7-8,10,12-13,16-17H2,1H3/b4-2-,11-6+/t19-,20-/m0/s1. The third kappa shape index (κ3) is 8.64. The van der Waals surface area contributed by atoms with E-state index in [9.17, 15) is 18.0 Å². The van der Waals surface area contributed by atoms with Gasteiger partial charge in [0.2, 0.25) is 0 Å². The fraction of sp³-hybridized carbons (Fsp3) is 0.542. The van der Waals surface area contributed by atoms with Gasteiger partial charge in [-0.1, -0.05) is 36.8 Å². The molecule has 1 saturated carbocycles. The van der Waals surface area contributed by atoms with Crippen LogP contribution < -0.4 is 4.74 Å². The quantitative estimate of drug-likeness (QED) is 0.224. The van der Waals surface area contributed by atoms with Gasteiger partial charge >= 0.3 is 12.1 Å². The summed E-state index contributed by atoms with van der Waals surface area (Å²) in [6.07, 6.45) is 11.8. The lowest BCUT2D eigenvalue weighted by molar-refractivity contribution is -0.140. The van der Waals surface area contributed by atoms with E-state index in [0.717, 1.165) is 31.4 Å². The Kier molecular flexibility index (Phi) is 9.98. The first-order chi connectivity index (χ1) is 14.4. The van der Waals surface area contributed by atoms with Crippen molar-refractivity contribution in [2.75, 3.05) is 13.7 Å². The van der Waals surface area contributed by atoms with Gasteiger partial charge in [0.25, 0.3) is 0 Å². The number of unbranched alkanes of at least 4 members (excludes halogenated alkanes) is 1. The monoisotopic (exact) mass is 424 g/mol. The van der Waals surface area contributed by atoms with Crippen molar-refractivity contribution < 1.29 is 27.4 Å². The van der Waals surface area contributed by atoms with Gasteiger partial charge in [0.05, 0.1) is 19.3 Å². The van der Waals surface area contributed by atoms with Gasteiger partial charge in [-0.2, -0.15) is 13.2 Å². The zero-order valence-corrected chi connectivity index (χ0v) is 17.5. The van der Waals surface area contributed by atoms with Crippen molar-refractivity contribution in [1.82, 2.24) is 0 Å². The number of allylic oxidation sites excluding steroid dienone is 3. The highest BCUT2D eigenvalue weighted by molar-refractivity contribution is 5.69. The fourth-order valence-corrected chi connectivity index (χ4v) is 3.74. The second-order valence-electron chi connectivity index (χ2n) is 7.62. The largest absolute Gasteiger partial charge is 0.493 e. The van der Waals surface area contributed by atoms with Crippen LogP contribution in [-0.4, -0.2) is 19.7 Å². The lowest BCUT2D eigenvalue weighted by Crippen LogP contribution is -2.06. The van der Waals surface area contributed by atoms with Crippen LogP contribution in [0, 0.1) is 11.8 Å². The smallest absolute Gasteiger partial charge is 0.416 e. The second kappa shape index (κ2) is 12.5. The van der Waals surface area contributed by atoms with E-state index in [-0.39, 0.29) is 11.7 Å². The van der Waals surface area contributed by atoms with E-state index >= 15 is 0 Å². The van der Waals surface area contributed by atoms with Crippen LogP contribution in [0.5, 0.6) is 5.75 Å². The van der Waals surface area contributed by atoms with Gasteiger partial charge in [0, 0.05) is 6.42 Å². The fourth-order valence-electron chi connectivity index (χ4n) is 3.74. The molecule has 1 aromatic carbocycles. The van der Waals surface area contributed by atoms with Crippen LogP contribution >= 0.6 is 0 Å². The van der Waals surface area contributed by atoms with Crippen molar-refractivity contribution in [3.05, 3.63) is 54.1 Å². The number of carbonyl (C=O) groups is 1. The number of methoxy groups -OCH3 is 1. The highest BCUT2D eigenvalue weighted by Gasteiger charge is 2.30. The summed E-state index contributed by atoms with van der Waals surface area (Å²) in [5, 5.41) is 0. The molecular formula is C24H31F3O3. The lowest BCUT2D eigenvalue weighted by atomic mass is 9.92. The number of ether oxygens (including phenoxy) is 2. The van der Waals surface area contributed by atoms with E-state index in [1.165, 1.54) is 32.4 Å². The molecule has 0 aromatic heterocycles. The molecule has 1 aromatic rings. The third-order valence-corrected chi connectivity index (χ3v) is 5.40. The molecule has 30 heavy (non-hydrogen) atoms. The molecule has 2 rings (SSSR count).